The van der Waals surface area contributed by atoms with Gasteiger partial charge in [0.1, 0.15) is 0 Å². The van der Waals surface area contributed by atoms with Gasteiger partial charge in [-0.15, -0.1) is 0 Å². The zero-order valence-electron chi connectivity index (χ0n) is 27.6. The molecule has 0 saturated carbocycles. The molecule has 49 heavy (non-hydrogen) atoms. The van der Waals surface area contributed by atoms with Crippen LogP contribution in [-0.4, -0.2) is 28.7 Å². The Morgan fingerprint density at radius 3 is 0.510 bits per heavy atom. The molecule has 2 radical (unpaired) electrons. The minimum atomic E-state index is -1.63. The van der Waals surface area contributed by atoms with Gasteiger partial charge in [-0.3, -0.25) is 0 Å². The summed E-state index contributed by atoms with van der Waals surface area (Å²) in [5, 5.41) is 0. The number of benzene rings is 6. The van der Waals surface area contributed by atoms with Gasteiger partial charge in [0.25, 0.3) is 0 Å². The Bertz CT molecular complexity index is 1510. The van der Waals surface area contributed by atoms with E-state index in [2.05, 4.69) is 182 Å². The van der Waals surface area contributed by atoms with Crippen LogP contribution in [0.4, 0.5) is 0 Å². The first-order chi connectivity index (χ1) is 23.9. The van der Waals surface area contributed by atoms with Crippen LogP contribution in [-0.2, 0) is 21.7 Å². The molecule has 236 valence electrons. The molecule has 3 heteroatoms. The van der Waals surface area contributed by atoms with E-state index in [-0.39, 0.29) is 21.7 Å². The van der Waals surface area contributed by atoms with Crippen LogP contribution in [0.1, 0.15) is 0 Å². The summed E-state index contributed by atoms with van der Waals surface area (Å²) in [5.74, 6) is 0. The molecule has 0 saturated heterocycles. The Hall–Kier alpha value is -4.18. The van der Waals surface area contributed by atoms with E-state index in [1.54, 1.807) is 0 Å². The van der Waals surface area contributed by atoms with Gasteiger partial charge in [0, 0.05) is 0 Å². The summed E-state index contributed by atoms with van der Waals surface area (Å²) in [6, 6.07) is 85.6. The fourth-order valence-corrected chi connectivity index (χ4v) is 16.1. The number of hydrogen-bond acceptors (Lipinski definition) is 0. The summed E-state index contributed by atoms with van der Waals surface area (Å²) in [5.41, 5.74) is 0. The molecule has 0 N–H and O–H groups in total. The summed E-state index contributed by atoms with van der Waals surface area (Å²) < 4.78 is 9.00. The molecule has 0 fully saturated rings. The molecule has 0 amide bonds. The average Bonchev–Trinajstić information content (AvgIpc) is 3.96. The van der Waals surface area contributed by atoms with E-state index in [0.29, 0.717) is 0 Å². The summed E-state index contributed by atoms with van der Waals surface area (Å²) in [6.45, 7) is 0. The third-order valence-electron chi connectivity index (χ3n) is 7.49. The zero-order valence-corrected chi connectivity index (χ0v) is 33.4. The van der Waals surface area contributed by atoms with Crippen molar-refractivity contribution in [2.75, 3.05) is 0 Å². The van der Waals surface area contributed by atoms with Crippen molar-refractivity contribution < 1.29 is 21.7 Å². The molecule has 0 aliphatic rings. The van der Waals surface area contributed by atoms with Crippen LogP contribution in [0.15, 0.2) is 243 Å². The van der Waals surface area contributed by atoms with E-state index >= 15 is 0 Å². The average molecular weight is 786 g/mol. The monoisotopic (exact) mass is 788 g/mol. The van der Waals surface area contributed by atoms with Crippen molar-refractivity contribution in [3.63, 3.8) is 0 Å². The van der Waals surface area contributed by atoms with E-state index in [4.69, 9.17) is 0 Å². The summed E-state index contributed by atoms with van der Waals surface area (Å²) in [6.07, 6.45) is 0. The van der Waals surface area contributed by atoms with Crippen LogP contribution in [0, 0.1) is 0 Å². The predicted molar refractivity (Wildman–Crippen MR) is 212 cm³/mol. The molecule has 0 atom stereocenters. The van der Waals surface area contributed by atoms with Gasteiger partial charge in [-0.25, -0.2) is 24.3 Å². The molecule has 0 nitrogen and oxygen atoms in total. The number of rotatable bonds is 6. The summed E-state index contributed by atoms with van der Waals surface area (Å²) in [4.78, 5) is 0. The second kappa shape index (κ2) is 22.5. The Morgan fingerprint density at radius 2 is 0.388 bits per heavy atom. The van der Waals surface area contributed by atoms with Crippen LogP contribution in [0.5, 0.6) is 0 Å². The zero-order chi connectivity index (χ0) is 32.9. The molecule has 0 heterocycles. The molecular formula is C46H40Ge2Ti. The topological polar surface area (TPSA) is 0 Å². The van der Waals surface area contributed by atoms with Crippen LogP contribution in [0.3, 0.4) is 0 Å². The third-order valence-corrected chi connectivity index (χ3v) is 18.9. The summed E-state index contributed by atoms with van der Waals surface area (Å²) >= 11 is -3.26. The Balaban J connectivity index is 0.000000169. The van der Waals surface area contributed by atoms with Gasteiger partial charge in [0.15, 0.2) is 0 Å². The van der Waals surface area contributed by atoms with Crippen molar-refractivity contribution >= 4 is 55.1 Å². The molecular weight excluding hydrogens is 746 g/mol. The van der Waals surface area contributed by atoms with Gasteiger partial charge >= 0.3 is 259 Å². The number of hydrogen-bond donors (Lipinski definition) is 0. The van der Waals surface area contributed by atoms with Crippen molar-refractivity contribution in [1.29, 1.82) is 0 Å². The van der Waals surface area contributed by atoms with Gasteiger partial charge in [-0.2, -0.15) is 36.4 Å². The van der Waals surface area contributed by atoms with Gasteiger partial charge < -0.3 is 0 Å². The maximum absolute atomic E-state index is 2.27. The predicted octanol–water partition coefficient (Wildman–Crippen LogP) is 7.21. The summed E-state index contributed by atoms with van der Waals surface area (Å²) in [7, 11) is 0. The van der Waals surface area contributed by atoms with Gasteiger partial charge in [0.2, 0.25) is 0 Å². The van der Waals surface area contributed by atoms with E-state index in [1.807, 2.05) is 60.7 Å². The molecule has 0 bridgehead atoms. The first kappa shape index (κ1) is 37.6. The van der Waals surface area contributed by atoms with E-state index in [9.17, 15) is 0 Å². The van der Waals surface area contributed by atoms with Crippen LogP contribution in [0.2, 0.25) is 0 Å². The minimum absolute atomic E-state index is 0. The standard InChI is InChI=1S/2C18H15Ge.2C5H5.Ti/c2*1-4-10-16(11-5-1)19(17-12-6-2-7-13-17)18-14-8-3-9-15-18;2*1-2-4-5-3-1;/h2*1-15H;2*1-5H;/q;;2*-1;+2. The van der Waals surface area contributed by atoms with Crippen molar-refractivity contribution in [3.05, 3.63) is 243 Å². The van der Waals surface area contributed by atoms with Crippen molar-refractivity contribution in [2.45, 2.75) is 0 Å². The molecule has 8 aromatic carbocycles. The van der Waals surface area contributed by atoms with Crippen LogP contribution < -0.4 is 26.4 Å². The van der Waals surface area contributed by atoms with Crippen molar-refractivity contribution in [2.24, 2.45) is 0 Å². The molecule has 0 aliphatic heterocycles. The maximum atomic E-state index is 2.27. The Labute approximate surface area is 317 Å². The molecule has 0 aliphatic carbocycles. The second-order valence-corrected chi connectivity index (χ2v) is 21.3. The molecule has 8 rings (SSSR count). The molecule has 0 unspecified atom stereocenters. The molecule has 0 spiro atoms. The quantitative estimate of drug-likeness (QED) is 0.124. The van der Waals surface area contributed by atoms with Crippen molar-refractivity contribution in [1.82, 2.24) is 0 Å². The van der Waals surface area contributed by atoms with E-state index in [1.165, 1.54) is 26.4 Å². The third kappa shape index (κ3) is 12.7. The Kier molecular flexibility index (Phi) is 17.2. The van der Waals surface area contributed by atoms with Crippen LogP contribution >= 0.6 is 0 Å². The van der Waals surface area contributed by atoms with E-state index < -0.39 is 28.7 Å². The second-order valence-electron chi connectivity index (χ2n) is 10.9. The van der Waals surface area contributed by atoms with Gasteiger partial charge in [-0.05, 0) is 0 Å². The fraction of sp³-hybridized carbons (Fsp3) is 0. The SMILES string of the molecule is [Ti+2].c1cc[cH-]c1.c1cc[cH-]c1.c1cc[c]([Ge]([c]2ccccc2)[c]2ccccc2)cc1.c1cc[c]([Ge]([c]2ccccc2)[c]2ccccc2)cc1. The Morgan fingerprint density at radius 1 is 0.224 bits per heavy atom. The van der Waals surface area contributed by atoms with Crippen LogP contribution in [0.25, 0.3) is 0 Å². The molecule has 8 aromatic rings. The molecule has 0 aromatic heterocycles. The van der Waals surface area contributed by atoms with E-state index in [0.717, 1.165) is 0 Å². The first-order valence-electron chi connectivity index (χ1n) is 16.3. The van der Waals surface area contributed by atoms with Gasteiger partial charge in [0.05, 0.1) is 0 Å². The van der Waals surface area contributed by atoms with Gasteiger partial charge in [-0.1, -0.05) is 0 Å². The fourth-order valence-electron chi connectivity index (χ4n) is 5.27. The normalized spacial score (nSPS) is 9.84. The first-order valence-corrected chi connectivity index (χ1v) is 22.6. The van der Waals surface area contributed by atoms with Crippen molar-refractivity contribution in [3.8, 4) is 0 Å².